The topological polar surface area (TPSA) is 43.8 Å². The molecule has 2 aromatic rings. The molecule has 0 radical (unpaired) electrons. The number of nitrogens with zero attached hydrogens (tertiary/aromatic N) is 2. The molecule has 2 rings (SSSR count). The minimum Gasteiger partial charge on any atom is -0.327 e. The Hall–Kier alpha value is -1.42. The van der Waals surface area contributed by atoms with Crippen molar-refractivity contribution in [1.82, 2.24) is 9.55 Å². The van der Waals surface area contributed by atoms with E-state index in [0.717, 1.165) is 16.9 Å². The van der Waals surface area contributed by atoms with Crippen molar-refractivity contribution >= 4 is 11.0 Å². The van der Waals surface area contributed by atoms with Gasteiger partial charge in [0.15, 0.2) is 0 Å². The number of hydrogen-bond acceptors (Lipinski definition) is 2. The van der Waals surface area contributed by atoms with Crippen LogP contribution in [0.15, 0.2) is 18.2 Å². The van der Waals surface area contributed by atoms with Gasteiger partial charge in [0.1, 0.15) is 11.6 Å². The fraction of sp³-hybridized carbons (Fsp3) is 0.533. The maximum Gasteiger partial charge on any atom is 0.125 e. The van der Waals surface area contributed by atoms with Crippen molar-refractivity contribution in [1.29, 1.82) is 0 Å². The van der Waals surface area contributed by atoms with Crippen LogP contribution in [-0.4, -0.2) is 15.6 Å². The molecule has 104 valence electrons. The van der Waals surface area contributed by atoms with E-state index in [4.69, 9.17) is 5.73 Å². The number of halogens is 1. The van der Waals surface area contributed by atoms with E-state index >= 15 is 0 Å². The van der Waals surface area contributed by atoms with Crippen molar-refractivity contribution in [2.45, 2.75) is 46.2 Å². The van der Waals surface area contributed by atoms with Gasteiger partial charge in [0.25, 0.3) is 0 Å². The molecular formula is C15H22FN3. The quantitative estimate of drug-likeness (QED) is 0.920. The molecule has 0 saturated carbocycles. The minimum absolute atomic E-state index is 0.0687. The van der Waals surface area contributed by atoms with Gasteiger partial charge < -0.3 is 10.3 Å². The molecule has 1 aromatic carbocycles. The summed E-state index contributed by atoms with van der Waals surface area (Å²) in [7, 11) is 0. The first-order valence-corrected chi connectivity index (χ1v) is 6.82. The second-order valence-electron chi connectivity index (χ2n) is 5.74. The molecule has 1 heterocycles. The number of imidazole rings is 1. The first-order chi connectivity index (χ1) is 8.90. The van der Waals surface area contributed by atoms with Gasteiger partial charge in [0.2, 0.25) is 0 Å². The third-order valence-corrected chi connectivity index (χ3v) is 3.52. The SMILES string of the molecule is CC(C)C(N)Cc1nc2ccc(F)cc2n1C(C)C. The maximum atomic E-state index is 13.4. The van der Waals surface area contributed by atoms with Crippen LogP contribution in [0.1, 0.15) is 39.6 Å². The van der Waals surface area contributed by atoms with E-state index in [-0.39, 0.29) is 17.9 Å². The zero-order chi connectivity index (χ0) is 14.2. The van der Waals surface area contributed by atoms with Gasteiger partial charge in [0, 0.05) is 18.5 Å². The van der Waals surface area contributed by atoms with Gasteiger partial charge in [-0.1, -0.05) is 13.8 Å². The number of hydrogen-bond donors (Lipinski definition) is 1. The van der Waals surface area contributed by atoms with Crippen LogP contribution in [-0.2, 0) is 6.42 Å². The second kappa shape index (κ2) is 5.29. The molecule has 0 saturated heterocycles. The highest BCUT2D eigenvalue weighted by molar-refractivity contribution is 5.76. The summed E-state index contributed by atoms with van der Waals surface area (Å²) in [5.74, 6) is 1.11. The molecule has 4 heteroatoms. The lowest BCUT2D eigenvalue weighted by molar-refractivity contribution is 0.464. The minimum atomic E-state index is -0.228. The lowest BCUT2D eigenvalue weighted by Crippen LogP contribution is -2.30. The molecule has 0 bridgehead atoms. The summed E-state index contributed by atoms with van der Waals surface area (Å²) in [6.07, 6.45) is 0.714. The number of nitrogens with two attached hydrogens (primary N) is 1. The molecule has 1 aromatic heterocycles. The molecule has 1 unspecified atom stereocenters. The van der Waals surface area contributed by atoms with Crippen molar-refractivity contribution in [3.63, 3.8) is 0 Å². The number of aromatic nitrogens is 2. The molecule has 0 aliphatic carbocycles. The van der Waals surface area contributed by atoms with E-state index in [2.05, 4.69) is 37.2 Å². The average Bonchev–Trinajstić information content (AvgIpc) is 2.65. The Morgan fingerprint density at radius 3 is 2.53 bits per heavy atom. The molecule has 0 aliphatic rings. The summed E-state index contributed by atoms with van der Waals surface area (Å²) >= 11 is 0. The van der Waals surface area contributed by atoms with Gasteiger partial charge in [-0.2, -0.15) is 0 Å². The van der Waals surface area contributed by atoms with Gasteiger partial charge in [-0.3, -0.25) is 0 Å². The standard InChI is InChI=1S/C15H22FN3/c1-9(2)12(17)8-15-18-13-6-5-11(16)7-14(13)19(15)10(3)4/h5-7,9-10,12H,8,17H2,1-4H3. The Morgan fingerprint density at radius 2 is 1.95 bits per heavy atom. The van der Waals surface area contributed by atoms with Crippen LogP contribution in [0.25, 0.3) is 11.0 Å². The Bertz CT molecular complexity index is 572. The maximum absolute atomic E-state index is 13.4. The smallest absolute Gasteiger partial charge is 0.125 e. The molecule has 19 heavy (non-hydrogen) atoms. The number of rotatable bonds is 4. The van der Waals surface area contributed by atoms with Crippen molar-refractivity contribution in [2.24, 2.45) is 11.7 Å². The van der Waals surface area contributed by atoms with E-state index in [0.29, 0.717) is 12.3 Å². The largest absolute Gasteiger partial charge is 0.327 e. The molecule has 0 amide bonds. The summed E-state index contributed by atoms with van der Waals surface area (Å²) < 4.78 is 15.5. The van der Waals surface area contributed by atoms with Gasteiger partial charge in [0.05, 0.1) is 11.0 Å². The zero-order valence-electron chi connectivity index (χ0n) is 12.0. The van der Waals surface area contributed by atoms with Gasteiger partial charge in [-0.15, -0.1) is 0 Å². The number of fused-ring (bicyclic) bond motifs is 1. The van der Waals surface area contributed by atoms with Crippen molar-refractivity contribution in [3.8, 4) is 0 Å². The van der Waals surface area contributed by atoms with Crippen LogP contribution >= 0.6 is 0 Å². The highest BCUT2D eigenvalue weighted by atomic mass is 19.1. The summed E-state index contributed by atoms with van der Waals surface area (Å²) in [5.41, 5.74) is 7.82. The summed E-state index contributed by atoms with van der Waals surface area (Å²) in [5, 5.41) is 0. The predicted molar refractivity (Wildman–Crippen MR) is 76.6 cm³/mol. The molecule has 0 spiro atoms. The molecule has 2 N–H and O–H groups in total. The predicted octanol–water partition coefficient (Wildman–Crippen LogP) is 3.28. The lowest BCUT2D eigenvalue weighted by atomic mass is 10.0. The molecule has 3 nitrogen and oxygen atoms in total. The summed E-state index contributed by atoms with van der Waals surface area (Å²) in [6.45, 7) is 8.37. The third-order valence-electron chi connectivity index (χ3n) is 3.52. The van der Waals surface area contributed by atoms with E-state index in [1.165, 1.54) is 6.07 Å². The lowest BCUT2D eigenvalue weighted by Gasteiger charge is -2.18. The van der Waals surface area contributed by atoms with Gasteiger partial charge in [-0.05, 0) is 38.0 Å². The van der Waals surface area contributed by atoms with Crippen LogP contribution < -0.4 is 5.73 Å². The van der Waals surface area contributed by atoms with Crippen LogP contribution in [0.2, 0.25) is 0 Å². The molecule has 1 atom stereocenters. The van der Waals surface area contributed by atoms with Crippen molar-refractivity contribution in [3.05, 3.63) is 29.8 Å². The first-order valence-electron chi connectivity index (χ1n) is 6.82. The monoisotopic (exact) mass is 263 g/mol. The van der Waals surface area contributed by atoms with E-state index in [9.17, 15) is 4.39 Å². The third kappa shape index (κ3) is 2.78. The highest BCUT2D eigenvalue weighted by Gasteiger charge is 2.17. The molecule has 0 aliphatic heterocycles. The van der Waals surface area contributed by atoms with Crippen molar-refractivity contribution in [2.75, 3.05) is 0 Å². The van der Waals surface area contributed by atoms with Crippen LogP contribution in [0.3, 0.4) is 0 Å². The Morgan fingerprint density at radius 1 is 1.26 bits per heavy atom. The van der Waals surface area contributed by atoms with Crippen LogP contribution in [0.4, 0.5) is 4.39 Å². The normalized spacial score (nSPS) is 13.7. The second-order valence-corrected chi connectivity index (χ2v) is 5.74. The fourth-order valence-electron chi connectivity index (χ4n) is 2.28. The Labute approximate surface area is 113 Å². The van der Waals surface area contributed by atoms with Gasteiger partial charge in [-0.25, -0.2) is 9.37 Å². The van der Waals surface area contributed by atoms with Crippen LogP contribution in [0, 0.1) is 11.7 Å². The number of benzene rings is 1. The summed E-state index contributed by atoms with van der Waals surface area (Å²) in [4.78, 5) is 4.61. The zero-order valence-corrected chi connectivity index (χ0v) is 12.0. The molecular weight excluding hydrogens is 241 g/mol. The van der Waals surface area contributed by atoms with E-state index in [1.54, 1.807) is 12.1 Å². The Kier molecular flexibility index (Phi) is 3.90. The Balaban J connectivity index is 2.51. The van der Waals surface area contributed by atoms with E-state index < -0.39 is 0 Å². The molecule has 0 fully saturated rings. The van der Waals surface area contributed by atoms with Crippen molar-refractivity contribution < 1.29 is 4.39 Å². The highest BCUT2D eigenvalue weighted by Crippen LogP contribution is 2.23. The van der Waals surface area contributed by atoms with Gasteiger partial charge >= 0.3 is 0 Å². The summed E-state index contributed by atoms with van der Waals surface area (Å²) in [6, 6.07) is 5.03. The fourth-order valence-corrected chi connectivity index (χ4v) is 2.28. The van der Waals surface area contributed by atoms with Crippen LogP contribution in [0.5, 0.6) is 0 Å². The van der Waals surface area contributed by atoms with E-state index in [1.807, 2.05) is 0 Å². The first kappa shape index (κ1) is 14.0. The average molecular weight is 263 g/mol.